The molecule has 0 aliphatic carbocycles. The lowest BCUT2D eigenvalue weighted by molar-refractivity contribution is 0.243. The molecule has 100 valence electrons. The summed E-state index contributed by atoms with van der Waals surface area (Å²) in [6.45, 7) is 2.83. The molecule has 0 spiro atoms. The lowest BCUT2D eigenvalue weighted by Crippen LogP contribution is -2.05. The van der Waals surface area contributed by atoms with Crippen LogP contribution >= 0.6 is 15.9 Å². The fourth-order valence-corrected chi connectivity index (χ4v) is 3.02. The molecule has 0 fully saturated rings. The first kappa shape index (κ1) is 13.7. The molecular formula is C14H20BrNO2. The van der Waals surface area contributed by atoms with Crippen molar-refractivity contribution in [2.75, 3.05) is 13.7 Å². The molecule has 1 aliphatic rings. The van der Waals surface area contributed by atoms with E-state index >= 15 is 0 Å². The fourth-order valence-electron chi connectivity index (χ4n) is 2.36. The van der Waals surface area contributed by atoms with Gasteiger partial charge in [0.05, 0.1) is 7.11 Å². The number of hydrogen-bond acceptors (Lipinski definition) is 3. The van der Waals surface area contributed by atoms with E-state index in [2.05, 4.69) is 28.9 Å². The van der Waals surface area contributed by atoms with Crippen molar-refractivity contribution in [3.63, 3.8) is 0 Å². The van der Waals surface area contributed by atoms with Gasteiger partial charge in [0.25, 0.3) is 0 Å². The number of nitrogens with two attached hydrogens (primary N) is 1. The van der Waals surface area contributed by atoms with Crippen LogP contribution in [0.3, 0.4) is 0 Å². The predicted molar refractivity (Wildman–Crippen MR) is 76.5 cm³/mol. The van der Waals surface area contributed by atoms with Crippen molar-refractivity contribution in [3.8, 4) is 11.5 Å². The summed E-state index contributed by atoms with van der Waals surface area (Å²) in [5.74, 6) is 1.75. The largest absolute Gasteiger partial charge is 0.493 e. The maximum atomic E-state index is 5.82. The van der Waals surface area contributed by atoms with Crippen molar-refractivity contribution in [3.05, 3.63) is 21.7 Å². The number of hydrogen-bond donors (Lipinski definition) is 1. The molecule has 1 atom stereocenters. The minimum Gasteiger partial charge on any atom is -0.493 e. The van der Waals surface area contributed by atoms with Crippen LogP contribution in [0.4, 0.5) is 0 Å². The number of ether oxygens (including phenoxy) is 2. The number of unbranched alkanes of at least 4 members (excludes halogenated alkanes) is 1. The molecule has 1 heterocycles. The van der Waals surface area contributed by atoms with E-state index in [1.54, 1.807) is 7.11 Å². The van der Waals surface area contributed by atoms with E-state index in [1.807, 2.05) is 0 Å². The van der Waals surface area contributed by atoms with Gasteiger partial charge in [-0.05, 0) is 44.4 Å². The molecule has 0 bridgehead atoms. The third-order valence-electron chi connectivity index (χ3n) is 3.28. The first-order valence-electron chi connectivity index (χ1n) is 6.42. The molecule has 2 rings (SSSR count). The normalized spacial score (nSPS) is 17.4. The van der Waals surface area contributed by atoms with Crippen LogP contribution in [-0.2, 0) is 12.8 Å². The minimum absolute atomic E-state index is 0.226. The molecule has 0 amide bonds. The summed E-state index contributed by atoms with van der Waals surface area (Å²) in [6, 6.07) is 2.08. The van der Waals surface area contributed by atoms with E-state index < -0.39 is 0 Å². The Morgan fingerprint density at radius 3 is 2.94 bits per heavy atom. The Morgan fingerprint density at radius 1 is 1.50 bits per heavy atom. The van der Waals surface area contributed by atoms with Gasteiger partial charge in [-0.25, -0.2) is 0 Å². The van der Waals surface area contributed by atoms with Gasteiger partial charge in [0.1, 0.15) is 6.10 Å². The van der Waals surface area contributed by atoms with Gasteiger partial charge in [-0.3, -0.25) is 0 Å². The van der Waals surface area contributed by atoms with E-state index in [9.17, 15) is 0 Å². The first-order chi connectivity index (χ1) is 8.67. The molecular weight excluding hydrogens is 294 g/mol. The molecule has 1 aromatic rings. The van der Waals surface area contributed by atoms with Gasteiger partial charge >= 0.3 is 0 Å². The van der Waals surface area contributed by atoms with Gasteiger partial charge < -0.3 is 15.2 Å². The Morgan fingerprint density at radius 2 is 2.28 bits per heavy atom. The van der Waals surface area contributed by atoms with Crippen molar-refractivity contribution >= 4 is 15.9 Å². The zero-order chi connectivity index (χ0) is 13.1. The summed E-state index contributed by atoms with van der Waals surface area (Å²) in [6.07, 6.45) is 4.35. The topological polar surface area (TPSA) is 44.5 Å². The number of halogens is 1. The van der Waals surface area contributed by atoms with Crippen LogP contribution in [0.25, 0.3) is 0 Å². The number of aryl methyl sites for hydroxylation is 1. The summed E-state index contributed by atoms with van der Waals surface area (Å²) in [5.41, 5.74) is 8.07. The van der Waals surface area contributed by atoms with E-state index in [-0.39, 0.29) is 6.10 Å². The van der Waals surface area contributed by atoms with Gasteiger partial charge in [0, 0.05) is 16.5 Å². The predicted octanol–water partition coefficient (Wildman–Crippen LogP) is 3.06. The molecule has 1 aliphatic heterocycles. The Balaban J connectivity index is 2.29. The molecule has 4 heteroatoms. The Bertz CT molecular complexity index is 434. The number of fused-ring (bicyclic) bond motifs is 1. The second-order valence-corrected chi connectivity index (χ2v) is 5.53. The highest BCUT2D eigenvalue weighted by Crippen LogP contribution is 2.44. The maximum absolute atomic E-state index is 5.82. The average Bonchev–Trinajstić information content (AvgIpc) is 2.75. The van der Waals surface area contributed by atoms with Crippen molar-refractivity contribution < 1.29 is 9.47 Å². The van der Waals surface area contributed by atoms with Crippen LogP contribution in [0, 0.1) is 0 Å². The van der Waals surface area contributed by atoms with Crippen LogP contribution in [0.1, 0.15) is 30.9 Å². The summed E-state index contributed by atoms with van der Waals surface area (Å²) in [7, 11) is 1.69. The zero-order valence-electron chi connectivity index (χ0n) is 11.0. The van der Waals surface area contributed by atoms with Gasteiger partial charge in [0.2, 0.25) is 0 Å². The monoisotopic (exact) mass is 313 g/mol. The van der Waals surface area contributed by atoms with Crippen LogP contribution in [0.5, 0.6) is 11.5 Å². The van der Waals surface area contributed by atoms with Gasteiger partial charge in [-0.1, -0.05) is 15.9 Å². The Kier molecular flexibility index (Phi) is 4.51. The van der Waals surface area contributed by atoms with Crippen molar-refractivity contribution in [1.29, 1.82) is 0 Å². The summed E-state index contributed by atoms with van der Waals surface area (Å²) >= 11 is 3.71. The smallest absolute Gasteiger partial charge is 0.166 e. The van der Waals surface area contributed by atoms with Crippen LogP contribution < -0.4 is 15.2 Å². The average molecular weight is 314 g/mol. The molecule has 3 nitrogen and oxygen atoms in total. The first-order valence-corrected chi connectivity index (χ1v) is 7.21. The van der Waals surface area contributed by atoms with E-state index in [1.165, 1.54) is 15.6 Å². The minimum atomic E-state index is 0.226. The van der Waals surface area contributed by atoms with Gasteiger partial charge in [-0.15, -0.1) is 0 Å². The number of rotatable bonds is 5. The van der Waals surface area contributed by atoms with Gasteiger partial charge in [-0.2, -0.15) is 0 Å². The number of benzene rings is 1. The highest BCUT2D eigenvalue weighted by molar-refractivity contribution is 9.10. The van der Waals surface area contributed by atoms with Crippen LogP contribution in [-0.4, -0.2) is 19.8 Å². The van der Waals surface area contributed by atoms with Crippen molar-refractivity contribution in [1.82, 2.24) is 0 Å². The molecule has 1 aromatic carbocycles. The lowest BCUT2D eigenvalue weighted by Gasteiger charge is -2.13. The number of methoxy groups -OCH3 is 1. The summed E-state index contributed by atoms with van der Waals surface area (Å²) < 4.78 is 12.4. The molecule has 0 saturated carbocycles. The van der Waals surface area contributed by atoms with Gasteiger partial charge in [0.15, 0.2) is 11.5 Å². The third kappa shape index (κ3) is 2.64. The van der Waals surface area contributed by atoms with Crippen LogP contribution in [0.2, 0.25) is 0 Å². The van der Waals surface area contributed by atoms with Crippen molar-refractivity contribution in [2.24, 2.45) is 5.73 Å². The Labute approximate surface area is 117 Å². The second kappa shape index (κ2) is 5.93. The van der Waals surface area contributed by atoms with E-state index in [0.29, 0.717) is 0 Å². The molecule has 0 saturated heterocycles. The second-order valence-electron chi connectivity index (χ2n) is 4.74. The summed E-state index contributed by atoms with van der Waals surface area (Å²) in [5, 5.41) is 0. The maximum Gasteiger partial charge on any atom is 0.166 e. The van der Waals surface area contributed by atoms with Crippen LogP contribution in [0.15, 0.2) is 10.5 Å². The quantitative estimate of drug-likeness (QED) is 0.850. The molecule has 0 aromatic heterocycles. The highest BCUT2D eigenvalue weighted by atomic mass is 79.9. The molecule has 18 heavy (non-hydrogen) atoms. The Hall–Kier alpha value is -0.740. The third-order valence-corrected chi connectivity index (χ3v) is 4.27. The molecule has 0 radical (unpaired) electrons. The van der Waals surface area contributed by atoms with E-state index in [0.717, 1.165) is 43.7 Å². The molecule has 1 unspecified atom stereocenters. The lowest BCUT2D eigenvalue weighted by atomic mass is 10.0. The zero-order valence-corrected chi connectivity index (χ0v) is 12.5. The standard InChI is InChI=1S/C14H20BrNO2/c1-9-7-11-13(15)10(5-3-4-6-16)8-12(17-2)14(11)18-9/h8-9H,3-7,16H2,1-2H3. The highest BCUT2D eigenvalue weighted by Gasteiger charge is 2.27. The fraction of sp³-hybridized carbons (Fsp3) is 0.571. The van der Waals surface area contributed by atoms with Crippen molar-refractivity contribution in [2.45, 2.75) is 38.7 Å². The SMILES string of the molecule is COc1cc(CCCCN)c(Br)c2c1OC(C)C2. The molecule has 2 N–H and O–H groups in total. The summed E-state index contributed by atoms with van der Waals surface area (Å²) in [4.78, 5) is 0. The van der Waals surface area contributed by atoms with E-state index in [4.69, 9.17) is 15.2 Å².